The molecule has 2 aromatic heterocycles. The average Bonchev–Trinajstić information content (AvgIpc) is 4.04. The number of hydrogen-bond acceptors (Lipinski definition) is 11. The van der Waals surface area contributed by atoms with Crippen LogP contribution in [0.4, 0.5) is 0 Å². The van der Waals surface area contributed by atoms with Gasteiger partial charge >= 0.3 is 5.97 Å². The first kappa shape index (κ1) is 56.8. The molecule has 1 fully saturated rings. The Kier molecular flexibility index (Phi) is 22.1. The number of aromatic amines is 2. The van der Waals surface area contributed by atoms with Gasteiger partial charge in [-0.3, -0.25) is 43.3 Å². The van der Waals surface area contributed by atoms with Crippen molar-refractivity contribution >= 4 is 70.0 Å². The van der Waals surface area contributed by atoms with Crippen molar-refractivity contribution in [3.63, 3.8) is 0 Å². The van der Waals surface area contributed by atoms with E-state index in [2.05, 4.69) is 57.2 Å². The van der Waals surface area contributed by atoms with Gasteiger partial charge in [0.15, 0.2) is 11.7 Å². The minimum atomic E-state index is -1.59. The maximum atomic E-state index is 14.7. The molecule has 398 valence electrons. The Morgan fingerprint density at radius 3 is 2.20 bits per heavy atom. The molecule has 0 radical (unpaired) electrons. The lowest BCUT2D eigenvalue weighted by Gasteiger charge is -2.27. The Morgan fingerprint density at radius 1 is 0.811 bits per heavy atom. The number of rotatable bonds is 17. The highest BCUT2D eigenvalue weighted by atomic mass is 16.4. The minimum Gasteiger partial charge on any atom is -0.480 e. The van der Waals surface area contributed by atoms with E-state index in [1.54, 1.807) is 36.5 Å². The van der Waals surface area contributed by atoms with Gasteiger partial charge in [0, 0.05) is 74.2 Å². The van der Waals surface area contributed by atoms with Crippen molar-refractivity contribution in [2.24, 2.45) is 22.4 Å². The summed E-state index contributed by atoms with van der Waals surface area (Å²) < 4.78 is 0. The molecular weight excluding hydrogens is 955 g/mol. The fraction of sp³-hybridized carbons (Fsp3) is 0.471. The normalized spacial score (nSPS) is 21.4. The van der Waals surface area contributed by atoms with Crippen molar-refractivity contribution < 1.29 is 48.3 Å². The van der Waals surface area contributed by atoms with Gasteiger partial charge in [0.2, 0.25) is 41.4 Å². The number of Topliss-reactive ketones (excluding diaryl/α,β-unsaturated/α-hetero) is 1. The van der Waals surface area contributed by atoms with Crippen molar-refractivity contribution in [3.8, 4) is 0 Å². The summed E-state index contributed by atoms with van der Waals surface area (Å²) >= 11 is 0. The molecule has 0 aliphatic carbocycles. The summed E-state index contributed by atoms with van der Waals surface area (Å²) in [7, 11) is 0. The molecule has 14 N–H and O–H groups in total. The van der Waals surface area contributed by atoms with E-state index in [1.807, 2.05) is 31.2 Å². The summed E-state index contributed by atoms with van der Waals surface area (Å²) in [5.74, 6) is -8.44. The first-order valence-electron chi connectivity index (χ1n) is 24.9. The van der Waals surface area contributed by atoms with E-state index in [0.29, 0.717) is 29.7 Å². The van der Waals surface area contributed by atoms with Crippen LogP contribution < -0.4 is 48.7 Å². The Labute approximate surface area is 428 Å². The number of H-pyrrole nitrogens is 2. The quantitative estimate of drug-likeness (QED) is 0.0389. The molecule has 1 aliphatic heterocycles. The van der Waals surface area contributed by atoms with Gasteiger partial charge in [-0.1, -0.05) is 68.3 Å². The number of carbonyl (C=O) groups excluding carboxylic acids is 8. The molecule has 7 atom stereocenters. The maximum Gasteiger partial charge on any atom is 0.326 e. The molecule has 2 aromatic carbocycles. The van der Waals surface area contributed by atoms with E-state index in [9.17, 15) is 48.3 Å². The number of guanidine groups is 1. The minimum absolute atomic E-state index is 0.00780. The number of amides is 7. The molecule has 0 unspecified atom stereocenters. The lowest BCUT2D eigenvalue weighted by Crippen LogP contribution is -2.60. The molecule has 23 nitrogen and oxygen atoms in total. The number of nitrogens with two attached hydrogens (primary N) is 2. The zero-order chi connectivity index (χ0) is 53.6. The second-order valence-corrected chi connectivity index (χ2v) is 18.4. The monoisotopic (exact) mass is 1020 g/mol. The number of unbranched alkanes of at least 4 members (excludes halogenated alkanes) is 1. The number of nitrogens with zero attached hydrogens (tertiary/aromatic N) is 2. The molecule has 0 saturated carbocycles. The summed E-state index contributed by atoms with van der Waals surface area (Å²) in [6.45, 7) is 3.23. The number of aliphatic imine (C=N–C) groups is 1. The predicted molar refractivity (Wildman–Crippen MR) is 273 cm³/mol. The highest BCUT2D eigenvalue weighted by Crippen LogP contribution is 2.24. The Hall–Kier alpha value is -8.11. The summed E-state index contributed by atoms with van der Waals surface area (Å²) in [6.07, 6.45) is 5.22. The van der Waals surface area contributed by atoms with Crippen LogP contribution in [0, 0.1) is 5.92 Å². The summed E-state index contributed by atoms with van der Waals surface area (Å²) in [5, 5.41) is 29.8. The van der Waals surface area contributed by atoms with Crippen LogP contribution in [0.1, 0.15) is 94.9 Å². The topological polar surface area (TPSA) is 367 Å². The van der Waals surface area contributed by atoms with Crippen LogP contribution in [0.15, 0.2) is 78.3 Å². The van der Waals surface area contributed by atoms with Crippen molar-refractivity contribution in [2.45, 2.75) is 134 Å². The van der Waals surface area contributed by atoms with Crippen LogP contribution in [0.5, 0.6) is 0 Å². The summed E-state index contributed by atoms with van der Waals surface area (Å²) in [6, 6.07) is 7.93. The number of benzene rings is 2. The first-order chi connectivity index (χ1) is 35.5. The highest BCUT2D eigenvalue weighted by Gasteiger charge is 2.36. The average molecular weight is 1020 g/mol. The molecule has 23 heteroatoms. The number of imidazole rings is 1. The molecule has 74 heavy (non-hydrogen) atoms. The number of carboxylic acid groups (broad SMARTS) is 1. The Bertz CT molecular complexity index is 2580. The number of aromatic nitrogens is 3. The smallest absolute Gasteiger partial charge is 0.326 e. The summed E-state index contributed by atoms with van der Waals surface area (Å²) in [4.78, 5) is 139. The molecular formula is C51H69N13O10. The Morgan fingerprint density at radius 2 is 1.51 bits per heavy atom. The summed E-state index contributed by atoms with van der Waals surface area (Å²) in [5.41, 5.74) is 13.7. The van der Waals surface area contributed by atoms with Gasteiger partial charge in [-0.25, -0.2) is 9.78 Å². The van der Waals surface area contributed by atoms with Crippen molar-refractivity contribution in [1.82, 2.24) is 52.2 Å². The molecule has 3 heterocycles. The molecule has 1 saturated heterocycles. The highest BCUT2D eigenvalue weighted by molar-refractivity contribution is 5.99. The standard InChI is InChI=1S/C51H69N13O10/c1-3-4-16-38(59-30(2)65)46(69)64-42-26-44(67)55-20-11-10-18-39(50(73)74)61-45(68)32(23-33-27-57-36-17-9-8-15-35(33)36)24-43(66)37(19-12-21-56-51(52)53)60-47(70)40(22-31-13-6-5-7-14-31)62-48(71)41(63-49(42)72)25-34-28-54-29-58-34/h5-9,13-15,17,27-29,32,37-42,57H,3-4,10-12,16,18-26H2,1-2H3,(H,54,58)(H,55,67)(H,59,65)(H,60,70)(H,61,68)(H,62,71)(H,63,72)(H,64,69)(H,73,74)(H4,52,53,56)/t32-,37+,38+,39+,40-,41+,42+/m1/s1. The number of fused-ring (bicyclic) bond motifs is 1. The number of carboxylic acids is 1. The number of hydrogen-bond donors (Lipinski definition) is 12. The number of aliphatic carboxylic acids is 1. The maximum absolute atomic E-state index is 14.7. The number of carbonyl (C=O) groups is 9. The van der Waals surface area contributed by atoms with E-state index in [0.717, 1.165) is 10.9 Å². The van der Waals surface area contributed by atoms with Gasteiger partial charge in [-0.15, -0.1) is 0 Å². The van der Waals surface area contributed by atoms with Crippen molar-refractivity contribution in [2.75, 3.05) is 13.1 Å². The van der Waals surface area contributed by atoms with Crippen LogP contribution in [-0.2, 0) is 62.4 Å². The van der Waals surface area contributed by atoms with Crippen molar-refractivity contribution in [3.05, 3.63) is 90.1 Å². The third-order valence-corrected chi connectivity index (χ3v) is 12.6. The van der Waals surface area contributed by atoms with Crippen LogP contribution in [0.25, 0.3) is 10.9 Å². The van der Waals surface area contributed by atoms with Crippen LogP contribution in [0.3, 0.4) is 0 Å². The van der Waals surface area contributed by atoms with Gasteiger partial charge < -0.3 is 63.8 Å². The van der Waals surface area contributed by atoms with E-state index < -0.39 is 108 Å². The van der Waals surface area contributed by atoms with Gasteiger partial charge in [-0.05, 0) is 62.1 Å². The van der Waals surface area contributed by atoms with Gasteiger partial charge in [-0.2, -0.15) is 0 Å². The van der Waals surface area contributed by atoms with E-state index in [4.69, 9.17) is 11.5 Å². The third kappa shape index (κ3) is 18.2. The first-order valence-corrected chi connectivity index (χ1v) is 24.9. The zero-order valence-electron chi connectivity index (χ0n) is 41.7. The largest absolute Gasteiger partial charge is 0.480 e. The van der Waals surface area contributed by atoms with Crippen LogP contribution >= 0.6 is 0 Å². The van der Waals surface area contributed by atoms with E-state index in [1.165, 1.54) is 19.4 Å². The second-order valence-electron chi connectivity index (χ2n) is 18.4. The number of nitrogens with one attached hydrogen (secondary N) is 9. The van der Waals surface area contributed by atoms with Crippen LogP contribution in [-0.4, -0.2) is 128 Å². The SMILES string of the molecule is CCCC[C@H](NC(C)=O)C(=O)N[C@H]1CC(=O)NCCCC[C@@H](C(=O)O)NC(=O)[C@H](Cc2c[nH]c3ccccc23)CC(=O)[C@H](CCCN=C(N)N)NC(=O)[C@@H](Cc2ccccc2)NC(=O)[C@H](Cc2cnc[nH]2)NC1=O. The Balaban J connectivity index is 1.55. The number of para-hydroxylation sites is 1. The van der Waals surface area contributed by atoms with E-state index in [-0.39, 0.29) is 76.8 Å². The molecule has 0 spiro atoms. The molecule has 5 rings (SSSR count). The van der Waals surface area contributed by atoms with Crippen LogP contribution in [0.2, 0.25) is 0 Å². The second kappa shape index (κ2) is 28.8. The van der Waals surface area contributed by atoms with Gasteiger partial charge in [0.05, 0.1) is 18.8 Å². The van der Waals surface area contributed by atoms with Gasteiger partial charge in [0.1, 0.15) is 30.2 Å². The number of ketones is 1. The van der Waals surface area contributed by atoms with E-state index >= 15 is 0 Å². The molecule has 1 aliphatic rings. The molecule has 7 amide bonds. The van der Waals surface area contributed by atoms with Crippen molar-refractivity contribution in [1.29, 1.82) is 0 Å². The van der Waals surface area contributed by atoms with Gasteiger partial charge in [0.25, 0.3) is 0 Å². The molecule has 4 aromatic rings. The lowest BCUT2D eigenvalue weighted by molar-refractivity contribution is -0.143. The third-order valence-electron chi connectivity index (χ3n) is 12.6. The lowest BCUT2D eigenvalue weighted by atomic mass is 9.89. The predicted octanol–water partition coefficient (Wildman–Crippen LogP) is 0.442. The molecule has 0 bridgehead atoms. The fourth-order valence-electron chi connectivity index (χ4n) is 8.64. The zero-order valence-corrected chi connectivity index (χ0v) is 41.7. The fourth-order valence-corrected chi connectivity index (χ4v) is 8.64.